The summed E-state index contributed by atoms with van der Waals surface area (Å²) in [7, 11) is 0. The number of nitro benzene ring substituents is 1. The maximum atomic E-state index is 13.4. The molecular weight excluding hydrogens is 490 g/mol. The van der Waals surface area contributed by atoms with E-state index in [-0.39, 0.29) is 22.7 Å². The van der Waals surface area contributed by atoms with E-state index in [4.69, 9.17) is 5.73 Å². The van der Waals surface area contributed by atoms with Crippen LogP contribution in [0, 0.1) is 45.0 Å². The summed E-state index contributed by atoms with van der Waals surface area (Å²) in [6, 6.07) is 12.8. The lowest BCUT2D eigenvalue weighted by atomic mass is 10.2. The highest BCUT2D eigenvalue weighted by molar-refractivity contribution is 5.73. The van der Waals surface area contributed by atoms with Gasteiger partial charge in [-0.1, -0.05) is 12.1 Å². The lowest BCUT2D eigenvalue weighted by Crippen LogP contribution is -2.01. The zero-order valence-electron chi connectivity index (χ0n) is 18.0. The topological polar surface area (TPSA) is 93.2 Å². The summed E-state index contributed by atoms with van der Waals surface area (Å²) in [6.07, 6.45) is 0. The number of hydrogen-bond acceptors (Lipinski definition) is 5. The Labute approximate surface area is 200 Å². The molecule has 4 aromatic rings. The number of halogens is 6. The minimum atomic E-state index is -0.904. The van der Waals surface area contributed by atoms with E-state index in [0.29, 0.717) is 6.07 Å². The largest absolute Gasteiger partial charge is 0.397 e. The van der Waals surface area contributed by atoms with Crippen LogP contribution in [0.5, 0.6) is 0 Å². The van der Waals surface area contributed by atoms with Gasteiger partial charge in [0.1, 0.15) is 52.0 Å². The van der Waals surface area contributed by atoms with Crippen LogP contribution in [-0.4, -0.2) is 4.92 Å². The highest BCUT2D eigenvalue weighted by atomic mass is 19.2. The Kier molecular flexibility index (Phi) is 8.00. The molecule has 0 amide bonds. The van der Waals surface area contributed by atoms with Crippen molar-refractivity contribution in [1.82, 2.24) is 0 Å². The Morgan fingerprint density at radius 1 is 0.639 bits per heavy atom. The molecule has 0 saturated heterocycles. The fourth-order valence-corrected chi connectivity index (χ4v) is 2.91. The molecule has 12 heteroatoms. The first-order valence-corrected chi connectivity index (χ1v) is 9.98. The molecule has 0 fully saturated rings. The van der Waals surface area contributed by atoms with Gasteiger partial charge in [-0.05, 0) is 54.6 Å². The number of nitro groups is 1. The molecule has 0 aliphatic rings. The molecule has 0 aliphatic carbocycles. The minimum Gasteiger partial charge on any atom is -0.397 e. The third kappa shape index (κ3) is 6.23. The predicted molar refractivity (Wildman–Crippen MR) is 123 cm³/mol. The van der Waals surface area contributed by atoms with E-state index in [9.17, 15) is 36.5 Å². The Bertz CT molecular complexity index is 1380. The predicted octanol–water partition coefficient (Wildman–Crippen LogP) is 7.19. The van der Waals surface area contributed by atoms with E-state index in [1.54, 1.807) is 0 Å². The molecule has 0 saturated carbocycles. The van der Waals surface area contributed by atoms with Crippen LogP contribution >= 0.6 is 0 Å². The fraction of sp³-hybridized carbons (Fsp3) is 0. The van der Waals surface area contributed by atoms with Crippen molar-refractivity contribution >= 4 is 34.1 Å². The van der Waals surface area contributed by atoms with Gasteiger partial charge in [-0.3, -0.25) is 10.1 Å². The van der Waals surface area contributed by atoms with Gasteiger partial charge in [0, 0.05) is 0 Å². The molecule has 0 heterocycles. The van der Waals surface area contributed by atoms with Gasteiger partial charge in [0.05, 0.1) is 22.4 Å². The molecule has 0 spiro atoms. The summed E-state index contributed by atoms with van der Waals surface area (Å²) in [4.78, 5) is 9.90. The second-order valence-corrected chi connectivity index (χ2v) is 7.09. The Hall–Kier alpha value is -4.74. The van der Waals surface area contributed by atoms with E-state index in [1.807, 2.05) is 0 Å². The summed E-state index contributed by atoms with van der Waals surface area (Å²) in [5.41, 5.74) is 4.19. The second-order valence-electron chi connectivity index (χ2n) is 7.09. The van der Waals surface area contributed by atoms with Gasteiger partial charge in [-0.25, -0.2) is 26.3 Å². The summed E-state index contributed by atoms with van der Waals surface area (Å²) >= 11 is 0. The first kappa shape index (κ1) is 25.9. The van der Waals surface area contributed by atoms with E-state index < -0.39 is 51.2 Å². The molecular formula is C24H16F6N4O2. The van der Waals surface area contributed by atoms with E-state index in [2.05, 4.69) is 10.6 Å². The van der Waals surface area contributed by atoms with Crippen LogP contribution in [0.2, 0.25) is 0 Å². The second kappa shape index (κ2) is 11.1. The van der Waals surface area contributed by atoms with Crippen LogP contribution in [0.1, 0.15) is 0 Å². The average Bonchev–Trinajstić information content (AvgIpc) is 2.81. The highest BCUT2D eigenvalue weighted by Gasteiger charge is 2.18. The van der Waals surface area contributed by atoms with Crippen LogP contribution in [0.15, 0.2) is 72.8 Å². The quantitative estimate of drug-likeness (QED) is 0.115. The fourth-order valence-electron chi connectivity index (χ4n) is 2.91. The molecule has 4 rings (SSSR count). The van der Waals surface area contributed by atoms with Crippen molar-refractivity contribution in [2.75, 3.05) is 16.4 Å². The van der Waals surface area contributed by atoms with Crippen molar-refractivity contribution in [3.8, 4) is 0 Å². The van der Waals surface area contributed by atoms with Crippen LogP contribution in [0.25, 0.3) is 0 Å². The van der Waals surface area contributed by atoms with E-state index in [0.717, 1.165) is 54.6 Å². The molecule has 36 heavy (non-hydrogen) atoms. The van der Waals surface area contributed by atoms with Gasteiger partial charge in [0.25, 0.3) is 5.69 Å². The SMILES string of the molecule is Nc1cc(F)ccc1Nc1c(F)cccc1F.O=[N+]([O-])c1cc(F)ccc1Nc1c(F)cccc1F. The van der Waals surface area contributed by atoms with Gasteiger partial charge in [0.2, 0.25) is 0 Å². The molecule has 0 bridgehead atoms. The number of nitrogens with two attached hydrogens (primary N) is 1. The molecule has 6 nitrogen and oxygen atoms in total. The van der Waals surface area contributed by atoms with Crippen molar-refractivity contribution in [2.24, 2.45) is 0 Å². The molecule has 186 valence electrons. The average molecular weight is 506 g/mol. The number of hydrogen-bond donors (Lipinski definition) is 3. The Morgan fingerprint density at radius 3 is 1.50 bits per heavy atom. The molecule has 0 atom stereocenters. The van der Waals surface area contributed by atoms with Gasteiger partial charge in [-0.15, -0.1) is 0 Å². The van der Waals surface area contributed by atoms with Crippen LogP contribution in [-0.2, 0) is 0 Å². The summed E-state index contributed by atoms with van der Waals surface area (Å²) in [6.45, 7) is 0. The van der Waals surface area contributed by atoms with E-state index >= 15 is 0 Å². The van der Waals surface area contributed by atoms with Gasteiger partial charge < -0.3 is 16.4 Å². The van der Waals surface area contributed by atoms with Crippen molar-refractivity contribution in [2.45, 2.75) is 0 Å². The first-order chi connectivity index (χ1) is 17.1. The lowest BCUT2D eigenvalue weighted by Gasteiger charge is -2.10. The number of rotatable bonds is 5. The number of anilines is 5. The molecule has 0 aliphatic heterocycles. The smallest absolute Gasteiger partial charge is 0.295 e. The number of para-hydroxylation sites is 2. The molecule has 4 N–H and O–H groups in total. The first-order valence-electron chi connectivity index (χ1n) is 9.98. The van der Waals surface area contributed by atoms with Crippen molar-refractivity contribution < 1.29 is 31.3 Å². The van der Waals surface area contributed by atoms with Crippen LogP contribution < -0.4 is 16.4 Å². The number of nitrogens with zero attached hydrogens (tertiary/aromatic N) is 1. The lowest BCUT2D eigenvalue weighted by molar-refractivity contribution is -0.384. The maximum Gasteiger partial charge on any atom is 0.295 e. The highest BCUT2D eigenvalue weighted by Crippen LogP contribution is 2.31. The standard InChI is InChI=1S/C12H7F3N2O2.C12H9F3N2/c13-7-4-5-10(11(6-7)17(18)19)16-12-8(14)2-1-3-9(12)15;13-7-4-5-11(10(16)6-7)17-12-8(14)2-1-3-9(12)15/h1-6,16H;1-6,17H,16H2. The molecule has 4 aromatic carbocycles. The van der Waals surface area contributed by atoms with Crippen molar-refractivity contribution in [1.29, 1.82) is 0 Å². The maximum absolute atomic E-state index is 13.4. The zero-order valence-corrected chi connectivity index (χ0v) is 18.0. The summed E-state index contributed by atoms with van der Waals surface area (Å²) in [5, 5.41) is 15.5. The van der Waals surface area contributed by atoms with Crippen LogP contribution in [0.3, 0.4) is 0 Å². The minimum absolute atomic E-state index is 0.0765. The third-order valence-corrected chi connectivity index (χ3v) is 4.61. The monoisotopic (exact) mass is 506 g/mol. The van der Waals surface area contributed by atoms with Gasteiger partial charge in [0.15, 0.2) is 0 Å². The normalized spacial score (nSPS) is 10.3. The van der Waals surface area contributed by atoms with Crippen molar-refractivity contribution in [3.63, 3.8) is 0 Å². The summed E-state index contributed by atoms with van der Waals surface area (Å²) in [5.74, 6) is -4.62. The summed E-state index contributed by atoms with van der Waals surface area (Å²) < 4.78 is 79.2. The Balaban J connectivity index is 0.000000202. The van der Waals surface area contributed by atoms with Crippen LogP contribution in [0.4, 0.5) is 60.5 Å². The number of benzene rings is 4. The Morgan fingerprint density at radius 2 is 1.06 bits per heavy atom. The van der Waals surface area contributed by atoms with Gasteiger partial charge in [-0.2, -0.15) is 0 Å². The third-order valence-electron chi connectivity index (χ3n) is 4.61. The molecule has 0 radical (unpaired) electrons. The number of nitrogens with one attached hydrogen (secondary N) is 2. The molecule has 0 aromatic heterocycles. The van der Waals surface area contributed by atoms with Crippen molar-refractivity contribution in [3.05, 3.63) is 118 Å². The molecule has 0 unspecified atom stereocenters. The van der Waals surface area contributed by atoms with E-state index in [1.165, 1.54) is 12.1 Å². The van der Waals surface area contributed by atoms with Gasteiger partial charge >= 0.3 is 0 Å². The number of nitrogen functional groups attached to an aromatic ring is 1. The zero-order chi connectivity index (χ0) is 26.4.